The van der Waals surface area contributed by atoms with Crippen LogP contribution in [0.5, 0.6) is 5.75 Å². The first kappa shape index (κ1) is 13.1. The Hall–Kier alpha value is -2.30. The van der Waals surface area contributed by atoms with Crippen molar-refractivity contribution in [3.8, 4) is 5.75 Å². The van der Waals surface area contributed by atoms with Crippen LogP contribution in [0.15, 0.2) is 29.1 Å². The van der Waals surface area contributed by atoms with Crippen LogP contribution >= 0.6 is 0 Å². The molecule has 0 spiro atoms. The smallest absolute Gasteiger partial charge is 0.335 e. The number of methoxy groups -OCH3 is 1. The van der Waals surface area contributed by atoms with Gasteiger partial charge in [-0.05, 0) is 32.0 Å². The maximum absolute atomic E-state index is 12.0. The van der Waals surface area contributed by atoms with E-state index in [2.05, 4.69) is 0 Å². The minimum Gasteiger partial charge on any atom is -0.495 e. The normalized spacial score (nSPS) is 10.9. The van der Waals surface area contributed by atoms with Crippen molar-refractivity contribution in [2.24, 2.45) is 0 Å². The number of pyridine rings is 1. The molecular weight excluding hydrogens is 246 g/mol. The lowest BCUT2D eigenvalue weighted by atomic mass is 10.1. The number of carboxylic acid groups (broad SMARTS) is 1. The predicted octanol–water partition coefficient (Wildman–Crippen LogP) is 2.29. The van der Waals surface area contributed by atoms with Crippen LogP contribution in [0, 0.1) is 0 Å². The Morgan fingerprint density at radius 2 is 2.00 bits per heavy atom. The van der Waals surface area contributed by atoms with E-state index in [0.717, 1.165) is 0 Å². The number of aromatic carboxylic acids is 1. The minimum absolute atomic E-state index is 0.0409. The molecule has 0 aliphatic heterocycles. The van der Waals surface area contributed by atoms with E-state index in [-0.39, 0.29) is 17.2 Å². The first-order valence-corrected chi connectivity index (χ1v) is 5.92. The Morgan fingerprint density at radius 1 is 1.32 bits per heavy atom. The highest BCUT2D eigenvalue weighted by Gasteiger charge is 2.15. The number of hydrogen-bond donors (Lipinski definition) is 1. The average molecular weight is 261 g/mol. The molecule has 0 saturated carbocycles. The molecule has 0 aliphatic carbocycles. The molecule has 0 amide bonds. The highest BCUT2D eigenvalue weighted by molar-refractivity contribution is 5.96. The van der Waals surface area contributed by atoms with Crippen molar-refractivity contribution in [1.29, 1.82) is 0 Å². The van der Waals surface area contributed by atoms with E-state index in [1.807, 2.05) is 13.8 Å². The molecule has 0 bridgehead atoms. The zero-order chi connectivity index (χ0) is 14.2. The van der Waals surface area contributed by atoms with Gasteiger partial charge in [0, 0.05) is 17.5 Å². The monoisotopic (exact) mass is 261 g/mol. The van der Waals surface area contributed by atoms with E-state index in [9.17, 15) is 9.59 Å². The predicted molar refractivity (Wildman–Crippen MR) is 72.1 cm³/mol. The molecule has 0 unspecified atom stereocenters. The molecule has 1 N–H and O–H groups in total. The van der Waals surface area contributed by atoms with Gasteiger partial charge < -0.3 is 14.4 Å². The maximum Gasteiger partial charge on any atom is 0.335 e. The van der Waals surface area contributed by atoms with Crippen LogP contribution in [0.25, 0.3) is 10.9 Å². The molecule has 0 radical (unpaired) electrons. The molecule has 0 atom stereocenters. The molecule has 1 aromatic carbocycles. The van der Waals surface area contributed by atoms with Crippen molar-refractivity contribution in [2.75, 3.05) is 7.11 Å². The largest absolute Gasteiger partial charge is 0.495 e. The highest BCUT2D eigenvalue weighted by Crippen LogP contribution is 2.28. The second kappa shape index (κ2) is 4.76. The van der Waals surface area contributed by atoms with Gasteiger partial charge in [-0.25, -0.2) is 4.79 Å². The third-order valence-corrected chi connectivity index (χ3v) is 2.97. The molecule has 2 aromatic rings. The number of benzene rings is 1. The van der Waals surface area contributed by atoms with Crippen molar-refractivity contribution in [3.05, 3.63) is 40.2 Å². The Morgan fingerprint density at radius 3 is 2.53 bits per heavy atom. The van der Waals surface area contributed by atoms with Crippen LogP contribution in [0.3, 0.4) is 0 Å². The molecule has 5 heteroatoms. The van der Waals surface area contributed by atoms with E-state index < -0.39 is 5.97 Å². The van der Waals surface area contributed by atoms with Gasteiger partial charge in [0.05, 0.1) is 18.2 Å². The Balaban J connectivity index is 2.94. The lowest BCUT2D eigenvalue weighted by molar-refractivity contribution is 0.0696. The van der Waals surface area contributed by atoms with Crippen molar-refractivity contribution >= 4 is 16.9 Å². The molecule has 0 saturated heterocycles. The number of nitrogens with zero attached hydrogens (tertiary/aromatic N) is 1. The molecule has 5 nitrogen and oxygen atoms in total. The molecule has 1 heterocycles. The first-order chi connectivity index (χ1) is 8.95. The number of fused-ring (bicyclic) bond motifs is 1. The van der Waals surface area contributed by atoms with Crippen LogP contribution < -0.4 is 10.3 Å². The molecule has 0 fully saturated rings. The minimum atomic E-state index is -1.03. The van der Waals surface area contributed by atoms with E-state index in [1.54, 1.807) is 16.7 Å². The van der Waals surface area contributed by atoms with Crippen LogP contribution in [0.1, 0.15) is 30.2 Å². The summed E-state index contributed by atoms with van der Waals surface area (Å²) in [7, 11) is 1.46. The fourth-order valence-corrected chi connectivity index (χ4v) is 2.16. The van der Waals surface area contributed by atoms with Crippen LogP contribution in [-0.4, -0.2) is 22.8 Å². The van der Waals surface area contributed by atoms with E-state index in [1.165, 1.54) is 19.2 Å². The molecule has 1 aromatic heterocycles. The first-order valence-electron chi connectivity index (χ1n) is 5.92. The average Bonchev–Trinajstić information content (AvgIpc) is 2.36. The second-order valence-electron chi connectivity index (χ2n) is 4.56. The van der Waals surface area contributed by atoms with Crippen LogP contribution in [0.2, 0.25) is 0 Å². The summed E-state index contributed by atoms with van der Waals surface area (Å²) in [6.45, 7) is 3.79. The SMILES string of the molecule is COc1cc(C(=O)O)cc2ccc(=O)n(C(C)C)c12. The summed E-state index contributed by atoms with van der Waals surface area (Å²) in [5.41, 5.74) is 0.622. The van der Waals surface area contributed by atoms with Crippen LogP contribution in [-0.2, 0) is 0 Å². The topological polar surface area (TPSA) is 68.5 Å². The number of aromatic nitrogens is 1. The number of carbonyl (C=O) groups is 1. The Labute approximate surface area is 110 Å². The zero-order valence-electron chi connectivity index (χ0n) is 11.0. The summed E-state index contributed by atoms with van der Waals surface area (Å²) in [6.07, 6.45) is 0. The molecule has 100 valence electrons. The maximum atomic E-state index is 12.0. The van der Waals surface area contributed by atoms with Gasteiger partial charge in [-0.1, -0.05) is 0 Å². The highest BCUT2D eigenvalue weighted by atomic mass is 16.5. The van der Waals surface area contributed by atoms with Gasteiger partial charge in [0.2, 0.25) is 0 Å². The molecule has 2 rings (SSSR count). The fraction of sp³-hybridized carbons (Fsp3) is 0.286. The van der Waals surface area contributed by atoms with Gasteiger partial charge in [-0.3, -0.25) is 4.79 Å². The quantitative estimate of drug-likeness (QED) is 0.920. The third-order valence-electron chi connectivity index (χ3n) is 2.97. The summed E-state index contributed by atoms with van der Waals surface area (Å²) in [4.78, 5) is 23.0. The summed E-state index contributed by atoms with van der Waals surface area (Å²) < 4.78 is 6.84. The van der Waals surface area contributed by atoms with E-state index >= 15 is 0 Å². The van der Waals surface area contributed by atoms with Gasteiger partial charge in [-0.15, -0.1) is 0 Å². The second-order valence-corrected chi connectivity index (χ2v) is 4.56. The number of ether oxygens (including phenoxy) is 1. The summed E-state index contributed by atoms with van der Waals surface area (Å²) in [5.74, 6) is -0.635. The van der Waals surface area contributed by atoms with Crippen molar-refractivity contribution in [3.63, 3.8) is 0 Å². The van der Waals surface area contributed by atoms with Crippen molar-refractivity contribution in [2.45, 2.75) is 19.9 Å². The fourth-order valence-electron chi connectivity index (χ4n) is 2.16. The Bertz CT molecular complexity index is 700. The van der Waals surface area contributed by atoms with Gasteiger partial charge in [-0.2, -0.15) is 0 Å². The van der Waals surface area contributed by atoms with Gasteiger partial charge >= 0.3 is 5.97 Å². The number of hydrogen-bond acceptors (Lipinski definition) is 3. The third kappa shape index (κ3) is 2.19. The van der Waals surface area contributed by atoms with Crippen molar-refractivity contribution in [1.82, 2.24) is 4.57 Å². The van der Waals surface area contributed by atoms with Gasteiger partial charge in [0.15, 0.2) is 0 Å². The van der Waals surface area contributed by atoms with Gasteiger partial charge in [0.1, 0.15) is 5.75 Å². The van der Waals surface area contributed by atoms with Gasteiger partial charge in [0.25, 0.3) is 5.56 Å². The zero-order valence-corrected chi connectivity index (χ0v) is 11.0. The van der Waals surface area contributed by atoms with E-state index in [4.69, 9.17) is 9.84 Å². The lowest BCUT2D eigenvalue weighted by Crippen LogP contribution is -2.21. The van der Waals surface area contributed by atoms with Crippen molar-refractivity contribution < 1.29 is 14.6 Å². The Kier molecular flexibility index (Phi) is 3.29. The number of carboxylic acids is 1. The summed E-state index contributed by atoms with van der Waals surface area (Å²) in [5, 5.41) is 9.74. The molecule has 19 heavy (non-hydrogen) atoms. The number of rotatable bonds is 3. The summed E-state index contributed by atoms with van der Waals surface area (Å²) >= 11 is 0. The standard InChI is InChI=1S/C14H15NO4/c1-8(2)15-12(16)5-4-9-6-10(14(17)18)7-11(19-3)13(9)15/h4-8H,1-3H3,(H,17,18). The van der Waals surface area contributed by atoms with Crippen LogP contribution in [0.4, 0.5) is 0 Å². The molecule has 0 aliphatic rings. The molecular formula is C14H15NO4. The lowest BCUT2D eigenvalue weighted by Gasteiger charge is -2.16. The summed E-state index contributed by atoms with van der Waals surface area (Å²) in [6, 6.07) is 5.99. The van der Waals surface area contributed by atoms with E-state index in [0.29, 0.717) is 16.7 Å².